The van der Waals surface area contributed by atoms with Gasteiger partial charge < -0.3 is 104 Å². The first kappa shape index (κ1) is 55.2. The van der Waals surface area contributed by atoms with Crippen LogP contribution in [-0.4, -0.2) is 216 Å². The predicted octanol–water partition coefficient (Wildman–Crippen LogP) is -1.03. The highest BCUT2D eigenvalue weighted by Gasteiger charge is 2.64. The molecule has 5 unspecified atom stereocenters. The van der Waals surface area contributed by atoms with Gasteiger partial charge in [0.2, 0.25) is 0 Å². The highest BCUT2D eigenvalue weighted by Crippen LogP contribution is 2.69. The molecular formula is C51H82O21. The fourth-order valence-corrected chi connectivity index (χ4v) is 14.5. The van der Waals surface area contributed by atoms with Crippen LogP contribution >= 0.6 is 0 Å². The molecule has 21 nitrogen and oxygen atoms in total. The van der Waals surface area contributed by atoms with E-state index in [1.807, 2.05) is 6.92 Å². The normalized spacial score (nSPS) is 52.9. The van der Waals surface area contributed by atoms with Crippen LogP contribution in [0.5, 0.6) is 0 Å². The molecule has 9 aliphatic rings. The van der Waals surface area contributed by atoms with Crippen molar-refractivity contribution in [2.24, 2.45) is 40.4 Å². The Morgan fingerprint density at radius 3 is 1.94 bits per heavy atom. The van der Waals surface area contributed by atoms with Gasteiger partial charge in [-0.15, -0.1) is 0 Å². The highest BCUT2D eigenvalue weighted by atomic mass is 16.8. The summed E-state index contributed by atoms with van der Waals surface area (Å²) in [6.07, 6.45) is -18.7. The third-order valence-corrected chi connectivity index (χ3v) is 18.9. The van der Waals surface area contributed by atoms with Gasteiger partial charge in [-0.3, -0.25) is 0 Å². The van der Waals surface area contributed by atoms with Crippen LogP contribution in [0.25, 0.3) is 0 Å². The second-order valence-electron chi connectivity index (χ2n) is 23.2. The minimum absolute atomic E-state index is 0.0563. The molecule has 5 heterocycles. The van der Waals surface area contributed by atoms with E-state index in [2.05, 4.69) is 26.8 Å². The van der Waals surface area contributed by atoms with Gasteiger partial charge in [0.05, 0.1) is 37.3 Å². The maximum atomic E-state index is 12.0. The summed E-state index contributed by atoms with van der Waals surface area (Å²) in [6.45, 7) is 11.1. The van der Waals surface area contributed by atoms with Crippen molar-refractivity contribution in [2.45, 2.75) is 234 Å². The van der Waals surface area contributed by atoms with Gasteiger partial charge in [-0.25, -0.2) is 0 Å². The molecule has 412 valence electrons. The van der Waals surface area contributed by atoms with Gasteiger partial charge in [0.15, 0.2) is 25.2 Å². The van der Waals surface area contributed by atoms with Gasteiger partial charge in [-0.05, 0) is 112 Å². The average Bonchev–Trinajstić information content (AvgIpc) is 3.84. The van der Waals surface area contributed by atoms with Crippen molar-refractivity contribution in [3.63, 3.8) is 0 Å². The minimum Gasteiger partial charge on any atom is -0.494 e. The summed E-state index contributed by atoms with van der Waals surface area (Å²) in [5.74, 6) is 2.77. The summed E-state index contributed by atoms with van der Waals surface area (Å²) < 4.78 is 54.6. The van der Waals surface area contributed by atoms with Crippen molar-refractivity contribution in [3.8, 4) is 0 Å². The van der Waals surface area contributed by atoms with E-state index in [9.17, 15) is 61.3 Å². The van der Waals surface area contributed by atoms with Gasteiger partial charge in [0, 0.05) is 18.9 Å². The molecule has 0 spiro atoms. The van der Waals surface area contributed by atoms with Gasteiger partial charge in [0.25, 0.3) is 0 Å². The van der Waals surface area contributed by atoms with E-state index >= 15 is 0 Å². The molecule has 3 saturated carbocycles. The second kappa shape index (κ2) is 21.7. The van der Waals surface area contributed by atoms with E-state index in [1.54, 1.807) is 0 Å². The van der Waals surface area contributed by atoms with E-state index in [-0.39, 0.29) is 29.5 Å². The first-order chi connectivity index (χ1) is 34.1. The molecule has 7 fully saturated rings. The molecule has 21 heteroatoms. The first-order valence-electron chi connectivity index (χ1n) is 26.4. The largest absolute Gasteiger partial charge is 0.494 e. The van der Waals surface area contributed by atoms with Crippen LogP contribution in [0.15, 0.2) is 23.0 Å². The molecule has 0 radical (unpaired) electrons. The maximum Gasteiger partial charge on any atom is 0.187 e. The van der Waals surface area contributed by atoms with E-state index in [4.69, 9.17) is 42.6 Å². The third kappa shape index (κ3) is 9.90. The number of aliphatic hydroxyl groups is 12. The van der Waals surface area contributed by atoms with Crippen molar-refractivity contribution in [1.29, 1.82) is 0 Å². The zero-order chi connectivity index (χ0) is 51.9. The monoisotopic (exact) mass is 1030 g/mol. The molecule has 12 N–H and O–H groups in total. The summed E-state index contributed by atoms with van der Waals surface area (Å²) in [4.78, 5) is 0. The Hall–Kier alpha value is -1.52. The summed E-state index contributed by atoms with van der Waals surface area (Å²) in [7, 11) is 0. The highest BCUT2D eigenvalue weighted by molar-refractivity contribution is 5.30. The van der Waals surface area contributed by atoms with Gasteiger partial charge in [-0.1, -0.05) is 32.4 Å². The van der Waals surface area contributed by atoms with Crippen LogP contribution in [0.3, 0.4) is 0 Å². The van der Waals surface area contributed by atoms with Gasteiger partial charge >= 0.3 is 0 Å². The molecule has 0 bridgehead atoms. The molecule has 0 aromatic rings. The number of aliphatic hydroxyl groups excluding tert-OH is 12. The lowest BCUT2D eigenvalue weighted by Crippen LogP contribution is -2.66. The summed E-state index contributed by atoms with van der Waals surface area (Å²) in [5.41, 5.74) is 2.58. The van der Waals surface area contributed by atoms with E-state index in [0.29, 0.717) is 36.5 Å². The average molecular weight is 1030 g/mol. The fraction of sp³-hybridized carbons (Fsp3) is 0.922. The fourth-order valence-electron chi connectivity index (χ4n) is 14.5. The summed E-state index contributed by atoms with van der Waals surface area (Å²) >= 11 is 0. The van der Waals surface area contributed by atoms with Crippen LogP contribution in [0, 0.1) is 40.4 Å². The Balaban J connectivity index is 0.849. The van der Waals surface area contributed by atoms with Crippen LogP contribution in [0.1, 0.15) is 99.3 Å². The van der Waals surface area contributed by atoms with E-state index in [1.165, 1.54) is 25.0 Å². The number of hydrogen-bond acceptors (Lipinski definition) is 21. The van der Waals surface area contributed by atoms with Crippen LogP contribution in [0.4, 0.5) is 0 Å². The van der Waals surface area contributed by atoms with Crippen LogP contribution < -0.4 is 0 Å². The quantitative estimate of drug-likeness (QED) is 0.0926. The SMILES string of the molecule is CC1=C(CC[C@@H](C)CO[C@@H]2[C@@H](O)[C@H](O)[C@@H](CO)O[C@H]2O)OC2CC3C4CC=C5C[C@@H](O[C@@H]6O[C@H](CO)[C@@H](O[C@@H]7O[C@@H](C)[C@H](O)[C@@H](O)[C@H]7O)[C@H](O)[C@H]6O[C@@H]6O[C@@H](C)[C@H](O)[C@@H](O)[C@H]6O)CC[C@]5(C)C4CC[C@]3(C)C12. The first-order valence-corrected chi connectivity index (χ1v) is 26.4. The third-order valence-electron chi connectivity index (χ3n) is 18.9. The zero-order valence-electron chi connectivity index (χ0n) is 42.2. The Bertz CT molecular complexity index is 1930. The molecule has 29 atom stereocenters. The number of fused-ring (bicyclic) bond motifs is 7. The van der Waals surface area contributed by atoms with Crippen molar-refractivity contribution in [2.75, 3.05) is 19.8 Å². The number of hydrogen-bond donors (Lipinski definition) is 12. The van der Waals surface area contributed by atoms with Crippen molar-refractivity contribution < 1.29 is 104 Å². The molecular weight excluding hydrogens is 949 g/mol. The summed E-state index contributed by atoms with van der Waals surface area (Å²) in [5, 5.41) is 127. The molecule has 9 rings (SSSR count). The number of ether oxygens (including phenoxy) is 9. The van der Waals surface area contributed by atoms with Crippen LogP contribution in [0.2, 0.25) is 0 Å². The lowest BCUT2D eigenvalue weighted by molar-refractivity contribution is -0.388. The Morgan fingerprint density at radius 1 is 0.667 bits per heavy atom. The molecule has 0 amide bonds. The van der Waals surface area contributed by atoms with Crippen molar-refractivity contribution in [3.05, 3.63) is 23.0 Å². The topological polar surface area (TPSA) is 326 Å². The van der Waals surface area contributed by atoms with E-state index < -0.39 is 142 Å². The molecule has 0 aromatic carbocycles. The molecule has 72 heavy (non-hydrogen) atoms. The van der Waals surface area contributed by atoms with E-state index in [0.717, 1.165) is 50.7 Å². The zero-order valence-corrected chi connectivity index (χ0v) is 42.2. The lowest BCUT2D eigenvalue weighted by Gasteiger charge is -2.58. The second-order valence-corrected chi connectivity index (χ2v) is 23.2. The lowest BCUT2D eigenvalue weighted by atomic mass is 9.47. The molecule has 4 aliphatic carbocycles. The number of allylic oxidation sites excluding steroid dienone is 2. The standard InChI is InChI=1S/C51H82O21/c1-20(19-64-44-39(59)36(56)31(17-52)69-46(44)63)7-10-29-21(2)33-30(68-29)16-28-26-9-8-24-15-25(11-13-50(24,5)27(26)12-14-51(28,33)6)67-49-45(72-48-41(61)38(58)35(55)23(4)66-48)42(62)43(32(18-53)70-49)71-47-40(60)37(57)34(54)22(3)65-47/h8,20,22-23,25-28,30-49,52-63H,7,9-19H2,1-6H3/t20-,22+,23+,25+,26?,27?,28?,30?,31-,32-,33?,34+,35+,36-,37-,38-,39+,40-,41-,42+,43-,44-,45-,46-,47+,48+,49-,50+,51+/m1/s1. The predicted molar refractivity (Wildman–Crippen MR) is 247 cm³/mol. The Kier molecular flexibility index (Phi) is 16.7. The molecule has 5 aliphatic heterocycles. The number of rotatable bonds is 14. The van der Waals surface area contributed by atoms with Crippen molar-refractivity contribution in [1.82, 2.24) is 0 Å². The molecule has 0 aromatic heterocycles. The van der Waals surface area contributed by atoms with Gasteiger partial charge in [-0.2, -0.15) is 0 Å². The minimum atomic E-state index is -1.74. The molecule has 4 saturated heterocycles. The Labute approximate surface area is 420 Å². The smallest absolute Gasteiger partial charge is 0.187 e. The Morgan fingerprint density at radius 2 is 1.31 bits per heavy atom. The maximum absolute atomic E-state index is 12.0. The summed E-state index contributed by atoms with van der Waals surface area (Å²) in [6, 6.07) is 0. The van der Waals surface area contributed by atoms with Crippen molar-refractivity contribution >= 4 is 0 Å². The van der Waals surface area contributed by atoms with Crippen LogP contribution in [-0.2, 0) is 42.6 Å². The van der Waals surface area contributed by atoms with Gasteiger partial charge in [0.1, 0.15) is 91.6 Å².